The van der Waals surface area contributed by atoms with Gasteiger partial charge in [-0.15, -0.1) is 0 Å². The monoisotopic (exact) mass is 273 g/mol. The summed E-state index contributed by atoms with van der Waals surface area (Å²) in [6.45, 7) is 3.88. The van der Waals surface area contributed by atoms with Crippen molar-refractivity contribution in [2.24, 2.45) is 5.92 Å². The summed E-state index contributed by atoms with van der Waals surface area (Å²) in [5.74, 6) is 0.655. The number of likely N-dealkylation sites (N-methyl/N-ethyl adjacent to an activating group) is 1. The van der Waals surface area contributed by atoms with Crippen molar-refractivity contribution in [3.63, 3.8) is 0 Å². The number of hydrogen-bond acceptors (Lipinski definition) is 5. The molecule has 0 radical (unpaired) electrons. The molecular weight excluding hydrogens is 246 g/mol. The first-order valence-electron chi connectivity index (χ1n) is 7.32. The van der Waals surface area contributed by atoms with E-state index in [4.69, 9.17) is 18.9 Å². The average molecular weight is 273 g/mol. The smallest absolute Gasteiger partial charge is 0.0991 e. The Balaban J connectivity index is 1.66. The number of nitrogens with one attached hydrogen (secondary N) is 1. The van der Waals surface area contributed by atoms with Crippen LogP contribution in [0, 0.1) is 5.92 Å². The van der Waals surface area contributed by atoms with Gasteiger partial charge in [0.25, 0.3) is 0 Å². The predicted molar refractivity (Wildman–Crippen MR) is 72.4 cm³/mol. The van der Waals surface area contributed by atoms with Crippen molar-refractivity contribution in [2.45, 2.75) is 37.5 Å². The maximum Gasteiger partial charge on any atom is 0.0991 e. The van der Waals surface area contributed by atoms with Gasteiger partial charge in [-0.1, -0.05) is 0 Å². The van der Waals surface area contributed by atoms with E-state index in [9.17, 15) is 0 Å². The number of rotatable bonds is 8. The lowest BCUT2D eigenvalue weighted by Crippen LogP contribution is -2.59. The quantitative estimate of drug-likeness (QED) is 0.664. The SMILES string of the molecule is CNC1CC(OCC2CCOCC2)C1OCCOC. The summed E-state index contributed by atoms with van der Waals surface area (Å²) in [5, 5.41) is 3.28. The normalized spacial score (nSPS) is 32.2. The van der Waals surface area contributed by atoms with Crippen LogP contribution < -0.4 is 5.32 Å². The number of hydrogen-bond donors (Lipinski definition) is 1. The predicted octanol–water partition coefficient (Wildman–Crippen LogP) is 0.822. The third-order valence-corrected chi connectivity index (χ3v) is 4.10. The third kappa shape index (κ3) is 4.39. The summed E-state index contributed by atoms with van der Waals surface area (Å²) in [4.78, 5) is 0. The molecule has 2 aliphatic rings. The van der Waals surface area contributed by atoms with Gasteiger partial charge in [-0.05, 0) is 32.2 Å². The fourth-order valence-corrected chi connectivity index (χ4v) is 2.69. The lowest BCUT2D eigenvalue weighted by Gasteiger charge is -2.44. The molecule has 19 heavy (non-hydrogen) atoms. The van der Waals surface area contributed by atoms with Gasteiger partial charge in [0, 0.05) is 26.4 Å². The summed E-state index contributed by atoms with van der Waals surface area (Å²) in [6.07, 6.45) is 3.68. The molecule has 0 aromatic carbocycles. The van der Waals surface area contributed by atoms with Gasteiger partial charge in [0.1, 0.15) is 0 Å². The van der Waals surface area contributed by atoms with E-state index >= 15 is 0 Å². The zero-order chi connectivity index (χ0) is 13.5. The minimum absolute atomic E-state index is 0.167. The van der Waals surface area contributed by atoms with Gasteiger partial charge in [0.05, 0.1) is 32.0 Å². The molecule has 1 aliphatic heterocycles. The molecule has 0 spiro atoms. The Morgan fingerprint density at radius 2 is 1.95 bits per heavy atom. The topological polar surface area (TPSA) is 49.0 Å². The molecule has 0 aromatic rings. The van der Waals surface area contributed by atoms with Crippen LogP contribution in [0.2, 0.25) is 0 Å². The Labute approximate surface area is 115 Å². The van der Waals surface area contributed by atoms with E-state index in [0.717, 1.165) is 39.1 Å². The highest BCUT2D eigenvalue weighted by Crippen LogP contribution is 2.28. The Morgan fingerprint density at radius 1 is 1.16 bits per heavy atom. The highest BCUT2D eigenvalue weighted by Gasteiger charge is 2.42. The maximum absolute atomic E-state index is 6.03. The first kappa shape index (κ1) is 15.2. The fraction of sp³-hybridized carbons (Fsp3) is 1.00. The largest absolute Gasteiger partial charge is 0.382 e. The van der Waals surface area contributed by atoms with Gasteiger partial charge in [-0.3, -0.25) is 0 Å². The van der Waals surface area contributed by atoms with Crippen molar-refractivity contribution < 1.29 is 18.9 Å². The molecule has 5 nitrogen and oxygen atoms in total. The van der Waals surface area contributed by atoms with E-state index in [1.807, 2.05) is 7.05 Å². The Bertz CT molecular complexity index is 246. The van der Waals surface area contributed by atoms with Crippen LogP contribution in [0.15, 0.2) is 0 Å². The van der Waals surface area contributed by atoms with Crippen molar-refractivity contribution in [1.82, 2.24) is 5.32 Å². The molecule has 2 rings (SSSR count). The molecule has 1 aliphatic carbocycles. The molecule has 0 bridgehead atoms. The summed E-state index contributed by atoms with van der Waals surface area (Å²) in [7, 11) is 3.67. The van der Waals surface area contributed by atoms with Crippen molar-refractivity contribution in [1.29, 1.82) is 0 Å². The summed E-state index contributed by atoms with van der Waals surface area (Å²) < 4.78 is 22.3. The molecule has 1 N–H and O–H groups in total. The van der Waals surface area contributed by atoms with Gasteiger partial charge >= 0.3 is 0 Å². The van der Waals surface area contributed by atoms with Crippen LogP contribution >= 0.6 is 0 Å². The van der Waals surface area contributed by atoms with Crippen LogP contribution in [0.4, 0.5) is 0 Å². The summed E-state index contributed by atoms with van der Waals surface area (Å²) in [6, 6.07) is 0.413. The van der Waals surface area contributed by atoms with Crippen LogP contribution in [0.3, 0.4) is 0 Å². The van der Waals surface area contributed by atoms with Gasteiger partial charge in [0.2, 0.25) is 0 Å². The molecule has 3 atom stereocenters. The maximum atomic E-state index is 6.03. The minimum atomic E-state index is 0.167. The van der Waals surface area contributed by atoms with E-state index in [1.165, 1.54) is 0 Å². The first-order valence-corrected chi connectivity index (χ1v) is 7.32. The average Bonchev–Trinajstić information content (AvgIpc) is 2.44. The molecule has 1 saturated carbocycles. The van der Waals surface area contributed by atoms with Crippen molar-refractivity contribution in [3.8, 4) is 0 Å². The van der Waals surface area contributed by atoms with E-state index in [1.54, 1.807) is 7.11 Å². The van der Waals surface area contributed by atoms with Crippen LogP contribution in [0.25, 0.3) is 0 Å². The highest BCUT2D eigenvalue weighted by atomic mass is 16.6. The number of ether oxygens (including phenoxy) is 4. The van der Waals surface area contributed by atoms with Crippen molar-refractivity contribution >= 4 is 0 Å². The highest BCUT2D eigenvalue weighted by molar-refractivity contribution is 4.96. The third-order valence-electron chi connectivity index (χ3n) is 4.10. The Hall–Kier alpha value is -0.200. The molecule has 0 aromatic heterocycles. The molecular formula is C14H27NO4. The first-order chi connectivity index (χ1) is 9.35. The Kier molecular flexibility index (Phi) is 6.53. The van der Waals surface area contributed by atoms with Gasteiger partial charge in [-0.2, -0.15) is 0 Å². The van der Waals surface area contributed by atoms with Crippen LogP contribution in [-0.4, -0.2) is 65.4 Å². The molecule has 1 saturated heterocycles. The van der Waals surface area contributed by atoms with Crippen molar-refractivity contribution in [3.05, 3.63) is 0 Å². The lowest BCUT2D eigenvalue weighted by atomic mass is 9.85. The molecule has 3 unspecified atom stereocenters. The minimum Gasteiger partial charge on any atom is -0.382 e. The summed E-state index contributed by atoms with van der Waals surface area (Å²) in [5.41, 5.74) is 0. The standard InChI is InChI=1S/C14H27NO4/c1-15-12-9-13(14(12)18-8-7-16-2)19-10-11-3-5-17-6-4-11/h11-15H,3-10H2,1-2H3. The molecule has 0 amide bonds. The van der Waals surface area contributed by atoms with Crippen LogP contribution in [0.1, 0.15) is 19.3 Å². The van der Waals surface area contributed by atoms with Gasteiger partial charge < -0.3 is 24.3 Å². The van der Waals surface area contributed by atoms with E-state index in [0.29, 0.717) is 25.2 Å². The zero-order valence-corrected chi connectivity index (χ0v) is 12.1. The molecule has 2 fully saturated rings. The van der Waals surface area contributed by atoms with Gasteiger partial charge in [0.15, 0.2) is 0 Å². The molecule has 1 heterocycles. The zero-order valence-electron chi connectivity index (χ0n) is 12.1. The fourth-order valence-electron chi connectivity index (χ4n) is 2.69. The molecule has 112 valence electrons. The van der Waals surface area contributed by atoms with Crippen molar-refractivity contribution in [2.75, 3.05) is 47.2 Å². The van der Waals surface area contributed by atoms with E-state index < -0.39 is 0 Å². The second-order valence-corrected chi connectivity index (χ2v) is 5.39. The Morgan fingerprint density at radius 3 is 2.63 bits per heavy atom. The number of methoxy groups -OCH3 is 1. The van der Waals surface area contributed by atoms with Gasteiger partial charge in [-0.25, -0.2) is 0 Å². The second kappa shape index (κ2) is 8.17. The molecule has 5 heteroatoms. The van der Waals surface area contributed by atoms with Crippen LogP contribution in [0.5, 0.6) is 0 Å². The van der Waals surface area contributed by atoms with Crippen LogP contribution in [-0.2, 0) is 18.9 Å². The van der Waals surface area contributed by atoms with E-state index in [2.05, 4.69) is 5.32 Å². The van der Waals surface area contributed by atoms with E-state index in [-0.39, 0.29) is 12.2 Å². The summed E-state index contributed by atoms with van der Waals surface area (Å²) >= 11 is 0. The lowest BCUT2D eigenvalue weighted by molar-refractivity contribution is -0.158. The second-order valence-electron chi connectivity index (χ2n) is 5.39.